The molecule has 0 spiro atoms. The lowest BCUT2D eigenvalue weighted by molar-refractivity contribution is 0.627. The molecule has 0 saturated carbocycles. The van der Waals surface area contributed by atoms with E-state index in [9.17, 15) is 4.39 Å². The van der Waals surface area contributed by atoms with Gasteiger partial charge in [0, 0.05) is 5.56 Å². The fourth-order valence-electron chi connectivity index (χ4n) is 1.86. The molecule has 3 aromatic rings. The maximum Gasteiger partial charge on any atom is 0.226 e. The van der Waals surface area contributed by atoms with E-state index >= 15 is 0 Å². The second-order valence-corrected chi connectivity index (χ2v) is 4.80. The summed E-state index contributed by atoms with van der Waals surface area (Å²) in [5, 5.41) is 4.60. The van der Waals surface area contributed by atoms with E-state index in [0.29, 0.717) is 11.5 Å². The monoisotopic (exact) mass is 287 g/mol. The highest BCUT2D eigenvalue weighted by atomic mass is 35.5. The zero-order valence-corrected chi connectivity index (χ0v) is 11.5. The molecule has 20 heavy (non-hydrogen) atoms. The maximum absolute atomic E-state index is 12.9. The van der Waals surface area contributed by atoms with E-state index in [1.54, 1.807) is 12.1 Å². The molecule has 0 bridgehead atoms. The van der Waals surface area contributed by atoms with Crippen molar-refractivity contribution in [3.63, 3.8) is 0 Å². The third-order valence-electron chi connectivity index (χ3n) is 2.95. The molecule has 5 heteroatoms. The number of hydrogen-bond acceptors (Lipinski definition) is 2. The highest BCUT2D eigenvalue weighted by molar-refractivity contribution is 6.28. The Kier molecular flexibility index (Phi) is 3.24. The van der Waals surface area contributed by atoms with Crippen molar-refractivity contribution in [3.8, 4) is 17.1 Å². The average molecular weight is 288 g/mol. The Morgan fingerprint density at radius 1 is 1.00 bits per heavy atom. The zero-order chi connectivity index (χ0) is 14.1. The van der Waals surface area contributed by atoms with Crippen LogP contribution in [-0.4, -0.2) is 14.8 Å². The molecule has 0 radical (unpaired) electrons. The van der Waals surface area contributed by atoms with Crippen molar-refractivity contribution in [2.75, 3.05) is 0 Å². The van der Waals surface area contributed by atoms with Crippen molar-refractivity contribution in [1.82, 2.24) is 14.8 Å². The number of halogens is 2. The molecule has 0 unspecified atom stereocenters. The van der Waals surface area contributed by atoms with Crippen LogP contribution in [0.15, 0.2) is 48.5 Å². The summed E-state index contributed by atoms with van der Waals surface area (Å²) in [6, 6.07) is 13.8. The molecule has 0 amide bonds. The first kappa shape index (κ1) is 12.8. The lowest BCUT2D eigenvalue weighted by Gasteiger charge is -2.00. The minimum absolute atomic E-state index is 0.243. The lowest BCUT2D eigenvalue weighted by atomic mass is 10.1. The molecular formula is C15H11ClFN3. The van der Waals surface area contributed by atoms with Gasteiger partial charge in [-0.3, -0.25) is 0 Å². The van der Waals surface area contributed by atoms with Crippen LogP contribution in [-0.2, 0) is 0 Å². The van der Waals surface area contributed by atoms with E-state index in [1.165, 1.54) is 16.8 Å². The van der Waals surface area contributed by atoms with Gasteiger partial charge in [0.15, 0.2) is 5.82 Å². The van der Waals surface area contributed by atoms with Gasteiger partial charge in [0.05, 0.1) is 5.69 Å². The molecular weight excluding hydrogens is 277 g/mol. The first-order chi connectivity index (χ1) is 9.63. The van der Waals surface area contributed by atoms with Gasteiger partial charge in [-0.15, -0.1) is 5.10 Å². The highest BCUT2D eigenvalue weighted by Gasteiger charge is 2.11. The third kappa shape index (κ3) is 2.42. The Morgan fingerprint density at radius 3 is 2.30 bits per heavy atom. The molecule has 2 aromatic carbocycles. The van der Waals surface area contributed by atoms with Crippen LogP contribution >= 0.6 is 11.6 Å². The topological polar surface area (TPSA) is 30.7 Å². The minimum Gasteiger partial charge on any atom is -0.207 e. The molecule has 0 fully saturated rings. The van der Waals surface area contributed by atoms with Crippen LogP contribution in [0.4, 0.5) is 4.39 Å². The molecule has 0 aliphatic carbocycles. The molecule has 3 rings (SSSR count). The van der Waals surface area contributed by atoms with Gasteiger partial charge in [0.1, 0.15) is 5.82 Å². The van der Waals surface area contributed by atoms with Gasteiger partial charge in [-0.1, -0.05) is 29.8 Å². The molecule has 0 atom stereocenters. The number of aryl methyl sites for hydroxylation is 1. The van der Waals surface area contributed by atoms with E-state index in [0.717, 1.165) is 11.1 Å². The number of hydrogen-bond donors (Lipinski definition) is 0. The molecule has 0 aliphatic heterocycles. The summed E-state index contributed by atoms with van der Waals surface area (Å²) in [4.78, 5) is 4.23. The minimum atomic E-state index is -0.302. The molecule has 0 aliphatic rings. The summed E-state index contributed by atoms with van der Waals surface area (Å²) in [6.45, 7) is 2.02. The third-order valence-corrected chi connectivity index (χ3v) is 3.19. The molecule has 0 N–H and O–H groups in total. The van der Waals surface area contributed by atoms with E-state index in [2.05, 4.69) is 10.1 Å². The molecule has 3 nitrogen and oxygen atoms in total. The van der Waals surface area contributed by atoms with Crippen molar-refractivity contribution in [2.45, 2.75) is 6.92 Å². The SMILES string of the molecule is Cc1ccc(-c2nc(Cl)n(-c3ccc(F)cc3)n2)cc1. The zero-order valence-electron chi connectivity index (χ0n) is 10.7. The Balaban J connectivity index is 2.02. The second kappa shape index (κ2) is 5.06. The predicted molar refractivity (Wildman–Crippen MR) is 76.5 cm³/mol. The number of rotatable bonds is 2. The fraction of sp³-hybridized carbons (Fsp3) is 0.0667. The number of aromatic nitrogens is 3. The largest absolute Gasteiger partial charge is 0.226 e. The van der Waals surface area contributed by atoms with Gasteiger partial charge < -0.3 is 0 Å². The first-order valence-electron chi connectivity index (χ1n) is 6.09. The second-order valence-electron chi connectivity index (χ2n) is 4.46. The standard InChI is InChI=1S/C15H11ClFN3/c1-10-2-4-11(5-3-10)14-18-15(16)20(19-14)13-8-6-12(17)7-9-13/h2-9H,1H3. The molecule has 1 aromatic heterocycles. The average Bonchev–Trinajstić information content (AvgIpc) is 2.82. The van der Waals surface area contributed by atoms with Crippen LogP contribution in [0.1, 0.15) is 5.56 Å². The predicted octanol–water partition coefficient (Wildman–Crippen LogP) is 4.04. The highest BCUT2D eigenvalue weighted by Crippen LogP contribution is 2.21. The van der Waals surface area contributed by atoms with Crippen molar-refractivity contribution in [2.24, 2.45) is 0 Å². The summed E-state index contributed by atoms with van der Waals surface area (Å²) in [6.07, 6.45) is 0. The Morgan fingerprint density at radius 2 is 1.65 bits per heavy atom. The van der Waals surface area contributed by atoms with Gasteiger partial charge in [-0.2, -0.15) is 4.98 Å². The Bertz CT molecular complexity index is 733. The molecule has 100 valence electrons. The van der Waals surface area contributed by atoms with Gasteiger partial charge in [-0.25, -0.2) is 9.07 Å². The quantitative estimate of drug-likeness (QED) is 0.712. The van der Waals surface area contributed by atoms with E-state index in [-0.39, 0.29) is 11.1 Å². The van der Waals surface area contributed by atoms with Gasteiger partial charge >= 0.3 is 0 Å². The summed E-state index contributed by atoms with van der Waals surface area (Å²) in [7, 11) is 0. The van der Waals surface area contributed by atoms with Crippen molar-refractivity contribution < 1.29 is 4.39 Å². The summed E-state index contributed by atoms with van der Waals surface area (Å²) in [5.41, 5.74) is 2.72. The Hall–Kier alpha value is -2.20. The first-order valence-corrected chi connectivity index (χ1v) is 6.47. The molecule has 0 saturated heterocycles. The van der Waals surface area contributed by atoms with Gasteiger partial charge in [0.2, 0.25) is 5.28 Å². The van der Waals surface area contributed by atoms with Crippen LogP contribution in [0.25, 0.3) is 17.1 Å². The van der Waals surface area contributed by atoms with E-state index in [4.69, 9.17) is 11.6 Å². The van der Waals surface area contributed by atoms with Crippen molar-refractivity contribution in [1.29, 1.82) is 0 Å². The fourth-order valence-corrected chi connectivity index (χ4v) is 2.08. The number of benzene rings is 2. The Labute approximate surface area is 120 Å². The van der Waals surface area contributed by atoms with Crippen LogP contribution in [0.2, 0.25) is 5.28 Å². The summed E-state index contributed by atoms with van der Waals surface area (Å²) < 4.78 is 14.4. The van der Waals surface area contributed by atoms with Crippen molar-refractivity contribution >= 4 is 11.6 Å². The van der Waals surface area contributed by atoms with Gasteiger partial charge in [0.25, 0.3) is 0 Å². The smallest absolute Gasteiger partial charge is 0.207 e. The van der Waals surface area contributed by atoms with E-state index < -0.39 is 0 Å². The summed E-state index contributed by atoms with van der Waals surface area (Å²) >= 11 is 6.10. The maximum atomic E-state index is 12.9. The van der Waals surface area contributed by atoms with Crippen LogP contribution in [0.3, 0.4) is 0 Å². The van der Waals surface area contributed by atoms with Crippen LogP contribution in [0, 0.1) is 12.7 Å². The van der Waals surface area contributed by atoms with Gasteiger partial charge in [-0.05, 0) is 42.8 Å². The molecule has 1 heterocycles. The summed E-state index contributed by atoms with van der Waals surface area (Å²) in [5.74, 6) is 0.239. The lowest BCUT2D eigenvalue weighted by Crippen LogP contribution is -1.96. The number of nitrogens with zero attached hydrogens (tertiary/aromatic N) is 3. The normalized spacial score (nSPS) is 10.8. The van der Waals surface area contributed by atoms with Crippen molar-refractivity contribution in [3.05, 3.63) is 65.2 Å². The van der Waals surface area contributed by atoms with Crippen LogP contribution < -0.4 is 0 Å². The van der Waals surface area contributed by atoms with E-state index in [1.807, 2.05) is 31.2 Å². The van der Waals surface area contributed by atoms with Crippen LogP contribution in [0.5, 0.6) is 0 Å².